The second-order valence-electron chi connectivity index (χ2n) is 7.61. The van der Waals surface area contributed by atoms with Crippen LogP contribution in [0.1, 0.15) is 34.5 Å². The number of carbonyl (C=O) groups excluding carboxylic acids is 2. The zero-order valence-electron chi connectivity index (χ0n) is 17.9. The average molecular weight is 482 g/mol. The summed E-state index contributed by atoms with van der Waals surface area (Å²) in [5.74, 6) is -2.45. The maximum absolute atomic E-state index is 12.8. The highest BCUT2D eigenvalue weighted by atomic mass is 35.5. The van der Waals surface area contributed by atoms with Crippen molar-refractivity contribution in [1.29, 1.82) is 0 Å². The van der Waals surface area contributed by atoms with E-state index in [0.717, 1.165) is 16.5 Å². The largest absolute Gasteiger partial charge is 0.490 e. The van der Waals surface area contributed by atoms with Gasteiger partial charge in [0.1, 0.15) is 6.10 Å². The highest BCUT2D eigenvalue weighted by molar-refractivity contribution is 6.30. The lowest BCUT2D eigenvalue weighted by atomic mass is 10.0. The molecule has 0 fully saturated rings. The number of rotatable bonds is 8. The Kier molecular flexibility index (Phi) is 7.65. The number of aromatic nitrogens is 1. The van der Waals surface area contributed by atoms with Crippen LogP contribution in [0.4, 0.5) is 13.2 Å². The van der Waals surface area contributed by atoms with E-state index in [-0.39, 0.29) is 18.5 Å². The number of aromatic amines is 1. The molecule has 0 saturated heterocycles. The monoisotopic (exact) mass is 481 g/mol. The molecule has 0 aliphatic carbocycles. The molecule has 2 aromatic carbocycles. The second kappa shape index (κ2) is 10.3. The summed E-state index contributed by atoms with van der Waals surface area (Å²) in [7, 11) is 1.56. The van der Waals surface area contributed by atoms with Crippen molar-refractivity contribution in [3.8, 4) is 0 Å². The fourth-order valence-electron chi connectivity index (χ4n) is 3.48. The fourth-order valence-corrected chi connectivity index (χ4v) is 3.68. The molecule has 0 aliphatic rings. The van der Waals surface area contributed by atoms with Crippen molar-refractivity contribution in [2.75, 3.05) is 13.6 Å². The van der Waals surface area contributed by atoms with Crippen molar-refractivity contribution < 1.29 is 27.5 Å². The molecule has 0 saturated carbocycles. The van der Waals surface area contributed by atoms with Crippen LogP contribution in [0, 0.1) is 0 Å². The van der Waals surface area contributed by atoms with Crippen molar-refractivity contribution >= 4 is 34.4 Å². The number of ether oxygens (including phenoxy) is 1. The number of benzene rings is 2. The lowest BCUT2D eigenvalue weighted by Gasteiger charge is -2.22. The van der Waals surface area contributed by atoms with Gasteiger partial charge in [-0.3, -0.25) is 4.79 Å². The van der Waals surface area contributed by atoms with E-state index in [1.54, 1.807) is 37.4 Å². The van der Waals surface area contributed by atoms with Crippen LogP contribution in [0.3, 0.4) is 0 Å². The minimum Gasteiger partial charge on any atom is -0.449 e. The molecule has 0 unspecified atom stereocenters. The molecule has 1 heterocycles. The Morgan fingerprint density at radius 2 is 1.94 bits per heavy atom. The van der Waals surface area contributed by atoms with Crippen molar-refractivity contribution in [3.05, 3.63) is 70.4 Å². The van der Waals surface area contributed by atoms with Gasteiger partial charge in [-0.25, -0.2) is 4.79 Å². The second-order valence-corrected chi connectivity index (χ2v) is 8.05. The van der Waals surface area contributed by atoms with E-state index in [4.69, 9.17) is 16.3 Å². The number of amides is 1. The van der Waals surface area contributed by atoms with E-state index in [2.05, 4.69) is 15.6 Å². The van der Waals surface area contributed by atoms with Gasteiger partial charge in [-0.1, -0.05) is 29.8 Å². The Hall–Kier alpha value is -3.04. The Balaban J connectivity index is 1.70. The molecule has 1 amide bonds. The third-order valence-corrected chi connectivity index (χ3v) is 5.37. The van der Waals surface area contributed by atoms with Crippen molar-refractivity contribution in [2.45, 2.75) is 31.7 Å². The topological polar surface area (TPSA) is 83.2 Å². The number of nitrogens with one attached hydrogen (secondary N) is 3. The minimum atomic E-state index is -5.10. The number of hydrogen-bond acceptors (Lipinski definition) is 4. The third kappa shape index (κ3) is 6.27. The molecule has 2 atom stereocenters. The number of halogens is 4. The summed E-state index contributed by atoms with van der Waals surface area (Å²) in [5.41, 5.74) is 2.66. The van der Waals surface area contributed by atoms with Gasteiger partial charge >= 0.3 is 12.1 Å². The zero-order valence-corrected chi connectivity index (χ0v) is 18.7. The SMILES string of the molecule is CNC(=O)c1ccc2c(C[C@@H](C)NC[C@@H](OC(=O)C(F)(F)F)c3cccc(Cl)c3)c[nH]c2c1. The normalized spacial score (nSPS) is 13.5. The third-order valence-electron chi connectivity index (χ3n) is 5.14. The highest BCUT2D eigenvalue weighted by Gasteiger charge is 2.42. The van der Waals surface area contributed by atoms with E-state index >= 15 is 0 Å². The van der Waals surface area contributed by atoms with E-state index in [9.17, 15) is 22.8 Å². The highest BCUT2D eigenvalue weighted by Crippen LogP contribution is 2.26. The zero-order chi connectivity index (χ0) is 24.2. The summed E-state index contributed by atoms with van der Waals surface area (Å²) >= 11 is 5.96. The molecule has 0 spiro atoms. The molecule has 0 bridgehead atoms. The predicted molar refractivity (Wildman–Crippen MR) is 119 cm³/mol. The van der Waals surface area contributed by atoms with Gasteiger partial charge in [-0.2, -0.15) is 13.2 Å². The number of H-pyrrole nitrogens is 1. The lowest BCUT2D eigenvalue weighted by Crippen LogP contribution is -2.35. The van der Waals surface area contributed by atoms with Crippen LogP contribution in [-0.2, 0) is 16.0 Å². The minimum absolute atomic E-state index is 0.0352. The molecule has 0 radical (unpaired) electrons. The van der Waals surface area contributed by atoms with Gasteiger partial charge in [-0.05, 0) is 48.7 Å². The first-order valence-electron chi connectivity index (χ1n) is 10.2. The first-order valence-corrected chi connectivity index (χ1v) is 10.5. The van der Waals surface area contributed by atoms with E-state index < -0.39 is 18.2 Å². The van der Waals surface area contributed by atoms with Gasteiger partial charge in [0.15, 0.2) is 0 Å². The van der Waals surface area contributed by atoms with E-state index in [0.29, 0.717) is 22.6 Å². The Morgan fingerprint density at radius 1 is 1.18 bits per heavy atom. The fraction of sp³-hybridized carbons (Fsp3) is 0.304. The first-order chi connectivity index (χ1) is 15.6. The molecule has 33 heavy (non-hydrogen) atoms. The summed E-state index contributed by atoms with van der Waals surface area (Å²) < 4.78 is 43.0. The van der Waals surface area contributed by atoms with Gasteiger partial charge in [0.25, 0.3) is 5.91 Å². The molecule has 1 aromatic heterocycles. The Bertz CT molecular complexity index is 1150. The van der Waals surface area contributed by atoms with Gasteiger partial charge in [0.05, 0.1) is 0 Å². The molecule has 176 valence electrons. The maximum atomic E-state index is 12.8. The summed E-state index contributed by atoms with van der Waals surface area (Å²) in [6.45, 7) is 1.84. The van der Waals surface area contributed by atoms with Gasteiger partial charge in [0.2, 0.25) is 0 Å². The Labute approximate surface area is 193 Å². The van der Waals surface area contributed by atoms with Crippen LogP contribution in [-0.4, -0.2) is 42.7 Å². The van der Waals surface area contributed by atoms with Crippen molar-refractivity contribution in [1.82, 2.24) is 15.6 Å². The summed E-state index contributed by atoms with van der Waals surface area (Å²) in [5, 5.41) is 6.97. The smallest absolute Gasteiger partial charge is 0.449 e. The summed E-state index contributed by atoms with van der Waals surface area (Å²) in [6, 6.07) is 11.3. The summed E-state index contributed by atoms with van der Waals surface area (Å²) in [6.07, 6.45) is -3.89. The molecular weight excluding hydrogens is 459 g/mol. The van der Waals surface area contributed by atoms with Gasteiger partial charge in [-0.15, -0.1) is 0 Å². The maximum Gasteiger partial charge on any atom is 0.490 e. The first kappa shape index (κ1) is 24.6. The van der Waals surface area contributed by atoms with E-state index in [1.807, 2.05) is 19.2 Å². The molecule has 6 nitrogen and oxygen atoms in total. The molecule has 3 N–H and O–H groups in total. The standard InChI is InChI=1S/C23H23ClF3N3O3/c1-13(8-16-11-30-19-10-15(21(31)28-2)6-7-18(16)19)29-12-20(33-22(32)23(25,26)27)14-4-3-5-17(24)9-14/h3-7,9-11,13,20,29-30H,8,12H2,1-2H3,(H,28,31)/t13-,20-/m1/s1. The quantitative estimate of drug-likeness (QED) is 0.412. The van der Waals surface area contributed by atoms with Crippen LogP contribution in [0.25, 0.3) is 10.9 Å². The lowest BCUT2D eigenvalue weighted by molar-refractivity contribution is -0.205. The number of esters is 1. The van der Waals surface area contributed by atoms with E-state index in [1.165, 1.54) is 6.07 Å². The molecular formula is C23H23ClF3N3O3. The van der Waals surface area contributed by atoms with Crippen LogP contribution in [0.15, 0.2) is 48.7 Å². The van der Waals surface area contributed by atoms with Crippen LogP contribution < -0.4 is 10.6 Å². The predicted octanol–water partition coefficient (Wildman–Crippen LogP) is 4.55. The van der Waals surface area contributed by atoms with Crippen LogP contribution in [0.5, 0.6) is 0 Å². The molecule has 3 rings (SSSR count). The average Bonchev–Trinajstić information content (AvgIpc) is 3.17. The van der Waals surface area contributed by atoms with Crippen molar-refractivity contribution in [3.63, 3.8) is 0 Å². The number of alkyl halides is 3. The number of hydrogen-bond donors (Lipinski definition) is 3. The number of carbonyl (C=O) groups is 2. The van der Waals surface area contributed by atoms with Crippen LogP contribution in [0.2, 0.25) is 5.02 Å². The van der Waals surface area contributed by atoms with Crippen molar-refractivity contribution in [2.24, 2.45) is 0 Å². The summed E-state index contributed by atoms with van der Waals surface area (Å²) in [4.78, 5) is 26.4. The molecule has 3 aromatic rings. The molecule has 10 heteroatoms. The van der Waals surface area contributed by atoms with Gasteiger partial charge in [0, 0.05) is 47.3 Å². The molecule has 0 aliphatic heterocycles. The number of fused-ring (bicyclic) bond motifs is 1. The van der Waals surface area contributed by atoms with Gasteiger partial charge < -0.3 is 20.4 Å². The van der Waals surface area contributed by atoms with Crippen LogP contribution >= 0.6 is 11.6 Å². The Morgan fingerprint density at radius 3 is 2.61 bits per heavy atom.